The fourth-order valence-corrected chi connectivity index (χ4v) is 1.81. The number of hydrogen-bond acceptors (Lipinski definition) is 5. The van der Waals surface area contributed by atoms with Crippen molar-refractivity contribution in [2.75, 3.05) is 6.54 Å². The summed E-state index contributed by atoms with van der Waals surface area (Å²) in [6, 6.07) is -2.60. The highest BCUT2D eigenvalue weighted by atomic mass is 16.4. The predicted molar refractivity (Wildman–Crippen MR) is 93.0 cm³/mol. The molecule has 0 aliphatic rings. The van der Waals surface area contributed by atoms with Gasteiger partial charge in [0.1, 0.15) is 18.1 Å². The van der Waals surface area contributed by atoms with Gasteiger partial charge in [-0.2, -0.15) is 0 Å². The van der Waals surface area contributed by atoms with Crippen LogP contribution < -0.4 is 21.3 Å². The van der Waals surface area contributed by atoms with Crippen LogP contribution in [0.2, 0.25) is 0 Å². The van der Waals surface area contributed by atoms with E-state index in [-0.39, 0.29) is 18.7 Å². The first-order chi connectivity index (χ1) is 12.1. The van der Waals surface area contributed by atoms with E-state index in [0.717, 1.165) is 6.42 Å². The van der Waals surface area contributed by atoms with Gasteiger partial charge in [-0.15, -0.1) is 0 Å². The van der Waals surface area contributed by atoms with Gasteiger partial charge in [0.2, 0.25) is 23.6 Å². The molecule has 10 nitrogen and oxygen atoms in total. The highest BCUT2D eigenvalue weighted by molar-refractivity contribution is 5.93. The van der Waals surface area contributed by atoms with Crippen molar-refractivity contribution >= 4 is 29.6 Å². The average molecular weight is 372 g/mol. The van der Waals surface area contributed by atoms with E-state index in [0.29, 0.717) is 6.54 Å². The van der Waals surface area contributed by atoms with Gasteiger partial charge in [0.15, 0.2) is 0 Å². The first-order valence-corrected chi connectivity index (χ1v) is 8.48. The molecule has 0 aliphatic heterocycles. The summed E-state index contributed by atoms with van der Waals surface area (Å²) >= 11 is 0. The third-order valence-electron chi connectivity index (χ3n) is 3.39. The minimum Gasteiger partial charge on any atom is -0.481 e. The number of carbonyl (C=O) groups is 5. The Morgan fingerprint density at radius 3 is 1.69 bits per heavy atom. The topological polar surface area (TPSA) is 154 Å². The highest BCUT2D eigenvalue weighted by Crippen LogP contribution is 1.93. The van der Waals surface area contributed by atoms with E-state index in [1.165, 1.54) is 20.8 Å². The third-order valence-corrected chi connectivity index (χ3v) is 3.39. The molecule has 0 spiro atoms. The Hall–Kier alpha value is -2.65. The van der Waals surface area contributed by atoms with Crippen molar-refractivity contribution in [2.24, 2.45) is 0 Å². The van der Waals surface area contributed by atoms with Crippen molar-refractivity contribution < 1.29 is 29.1 Å². The summed E-state index contributed by atoms with van der Waals surface area (Å²) < 4.78 is 0. The minimum atomic E-state index is -1.11. The van der Waals surface area contributed by atoms with Crippen molar-refractivity contribution in [3.05, 3.63) is 0 Å². The molecular formula is C16H28N4O6. The number of amides is 4. The van der Waals surface area contributed by atoms with E-state index in [2.05, 4.69) is 21.3 Å². The van der Waals surface area contributed by atoms with Crippen molar-refractivity contribution in [3.8, 4) is 0 Å². The summed E-state index contributed by atoms with van der Waals surface area (Å²) in [6.07, 6.45) is 0.194. The van der Waals surface area contributed by atoms with E-state index in [4.69, 9.17) is 5.11 Å². The van der Waals surface area contributed by atoms with Gasteiger partial charge in [-0.05, 0) is 27.2 Å². The highest BCUT2D eigenvalue weighted by Gasteiger charge is 2.23. The van der Waals surface area contributed by atoms with Crippen LogP contribution in [0.3, 0.4) is 0 Å². The largest absolute Gasteiger partial charge is 0.481 e. The first-order valence-electron chi connectivity index (χ1n) is 8.48. The molecule has 0 fully saturated rings. The Morgan fingerprint density at radius 1 is 0.769 bits per heavy atom. The molecule has 0 aromatic rings. The van der Waals surface area contributed by atoms with E-state index in [1.807, 2.05) is 6.92 Å². The maximum atomic E-state index is 12.0. The molecular weight excluding hydrogens is 344 g/mol. The minimum absolute atomic E-state index is 0.243. The lowest BCUT2D eigenvalue weighted by Crippen LogP contribution is -2.54. The second-order valence-corrected chi connectivity index (χ2v) is 5.93. The second-order valence-electron chi connectivity index (χ2n) is 5.93. The Kier molecular flexibility index (Phi) is 10.6. The van der Waals surface area contributed by atoms with Crippen LogP contribution in [0.4, 0.5) is 0 Å². The quantitative estimate of drug-likeness (QED) is 0.310. The van der Waals surface area contributed by atoms with Crippen LogP contribution in [0.25, 0.3) is 0 Å². The number of rotatable bonds is 11. The van der Waals surface area contributed by atoms with Gasteiger partial charge < -0.3 is 26.4 Å². The zero-order valence-corrected chi connectivity index (χ0v) is 15.5. The molecule has 148 valence electrons. The first kappa shape index (κ1) is 23.4. The zero-order chi connectivity index (χ0) is 20.3. The maximum absolute atomic E-state index is 12.0. The molecule has 10 heteroatoms. The van der Waals surface area contributed by atoms with E-state index in [1.54, 1.807) is 0 Å². The monoisotopic (exact) mass is 372 g/mol. The van der Waals surface area contributed by atoms with Crippen LogP contribution in [-0.2, 0) is 24.0 Å². The van der Waals surface area contributed by atoms with Crippen LogP contribution in [0.15, 0.2) is 0 Å². The van der Waals surface area contributed by atoms with Gasteiger partial charge in [-0.25, -0.2) is 0 Å². The Labute approximate surface area is 152 Å². The van der Waals surface area contributed by atoms with E-state index >= 15 is 0 Å². The van der Waals surface area contributed by atoms with Crippen molar-refractivity contribution in [2.45, 2.75) is 65.1 Å². The Morgan fingerprint density at radius 2 is 1.23 bits per heavy atom. The molecule has 26 heavy (non-hydrogen) atoms. The normalized spacial score (nSPS) is 13.7. The molecule has 0 heterocycles. The Bertz CT molecular complexity index is 537. The number of carboxylic acids is 1. The van der Waals surface area contributed by atoms with Crippen LogP contribution in [0, 0.1) is 0 Å². The van der Waals surface area contributed by atoms with Crippen LogP contribution in [-0.4, -0.2) is 59.4 Å². The summed E-state index contributed by atoms with van der Waals surface area (Å²) in [6.45, 7) is 6.80. The Balaban J connectivity index is 4.37. The second kappa shape index (κ2) is 11.8. The van der Waals surface area contributed by atoms with Crippen LogP contribution in [0.1, 0.15) is 47.0 Å². The molecule has 0 aromatic carbocycles. The standard InChI is InChI=1S/C16H28N4O6/c1-5-8-17-14(24)9(2)19-16(26)11(4)20-15(25)10(3)18-12(21)6-7-13(22)23/h9-11H,5-8H2,1-4H3,(H,17,24)(H,18,21)(H,19,26)(H,20,25)(H,22,23)/t9-,10+,11+/m0/s1. The molecule has 4 amide bonds. The fraction of sp³-hybridized carbons (Fsp3) is 0.688. The molecule has 0 aromatic heterocycles. The van der Waals surface area contributed by atoms with Crippen molar-refractivity contribution in [1.82, 2.24) is 21.3 Å². The lowest BCUT2D eigenvalue weighted by molar-refractivity contribution is -0.139. The van der Waals surface area contributed by atoms with Gasteiger partial charge in [0.05, 0.1) is 6.42 Å². The lowest BCUT2D eigenvalue weighted by atomic mass is 10.2. The molecule has 0 radical (unpaired) electrons. The average Bonchev–Trinajstić information content (AvgIpc) is 2.57. The number of nitrogens with one attached hydrogen (secondary N) is 4. The van der Waals surface area contributed by atoms with Crippen LogP contribution in [0.5, 0.6) is 0 Å². The molecule has 0 unspecified atom stereocenters. The summed E-state index contributed by atoms with van der Waals surface area (Å²) in [7, 11) is 0. The van der Waals surface area contributed by atoms with Crippen LogP contribution >= 0.6 is 0 Å². The molecule has 0 saturated heterocycles. The number of carboxylic acid groups (broad SMARTS) is 1. The third kappa shape index (κ3) is 9.60. The van der Waals surface area contributed by atoms with E-state index < -0.39 is 41.8 Å². The molecule has 0 rings (SSSR count). The molecule has 0 saturated carbocycles. The van der Waals surface area contributed by atoms with Gasteiger partial charge in [0, 0.05) is 13.0 Å². The maximum Gasteiger partial charge on any atom is 0.303 e. The van der Waals surface area contributed by atoms with E-state index in [9.17, 15) is 24.0 Å². The van der Waals surface area contributed by atoms with Crippen molar-refractivity contribution in [3.63, 3.8) is 0 Å². The van der Waals surface area contributed by atoms with Gasteiger partial charge in [-0.3, -0.25) is 24.0 Å². The van der Waals surface area contributed by atoms with Gasteiger partial charge in [-0.1, -0.05) is 6.92 Å². The summed E-state index contributed by atoms with van der Waals surface area (Å²) in [5, 5.41) is 18.4. The number of carbonyl (C=O) groups excluding carboxylic acids is 4. The smallest absolute Gasteiger partial charge is 0.303 e. The molecule has 3 atom stereocenters. The number of aliphatic carboxylic acids is 1. The summed E-state index contributed by atoms with van der Waals surface area (Å²) in [5.74, 6) is -3.15. The SMILES string of the molecule is CCCNC(=O)[C@H](C)NC(=O)[C@@H](C)NC(=O)[C@@H](C)NC(=O)CCC(=O)O. The fourth-order valence-electron chi connectivity index (χ4n) is 1.81. The lowest BCUT2D eigenvalue weighted by Gasteiger charge is -2.20. The molecule has 0 bridgehead atoms. The molecule has 0 aliphatic carbocycles. The van der Waals surface area contributed by atoms with Gasteiger partial charge in [0.25, 0.3) is 0 Å². The van der Waals surface area contributed by atoms with Crippen molar-refractivity contribution in [1.29, 1.82) is 0 Å². The predicted octanol–water partition coefficient (Wildman–Crippen LogP) is -1.11. The summed E-state index contributed by atoms with van der Waals surface area (Å²) in [4.78, 5) is 57.7. The number of hydrogen-bond donors (Lipinski definition) is 5. The van der Waals surface area contributed by atoms with Gasteiger partial charge >= 0.3 is 5.97 Å². The summed E-state index contributed by atoms with van der Waals surface area (Å²) in [5.41, 5.74) is 0. The zero-order valence-electron chi connectivity index (χ0n) is 15.5. The molecule has 5 N–H and O–H groups in total.